The first-order valence-corrected chi connectivity index (χ1v) is 9.91. The molecule has 1 spiro atoms. The fraction of sp³-hybridized carbons (Fsp3) is 0.476. The molecule has 1 aromatic heterocycles. The molecule has 2 N–H and O–H groups in total. The van der Waals surface area contributed by atoms with Gasteiger partial charge in [0.2, 0.25) is 11.8 Å². The van der Waals surface area contributed by atoms with E-state index < -0.39 is 5.54 Å². The van der Waals surface area contributed by atoms with Gasteiger partial charge in [0.1, 0.15) is 12.4 Å². The van der Waals surface area contributed by atoms with Crippen molar-refractivity contribution in [3.63, 3.8) is 0 Å². The number of carbonyl (C=O) groups excluding carboxylic acids is 2. The number of methoxy groups -OCH3 is 1. The highest BCUT2D eigenvalue weighted by Gasteiger charge is 2.48. The number of H-pyrrole nitrogens is 1. The number of hydrogen-bond donors (Lipinski definition) is 2. The van der Waals surface area contributed by atoms with Crippen LogP contribution in [0, 0.1) is 0 Å². The maximum atomic E-state index is 12.8. The van der Waals surface area contributed by atoms with Crippen molar-refractivity contribution in [2.75, 3.05) is 33.4 Å². The van der Waals surface area contributed by atoms with E-state index in [2.05, 4.69) is 9.97 Å². The minimum Gasteiger partial charge on any atom is -0.508 e. The highest BCUT2D eigenvalue weighted by molar-refractivity contribution is 5.80. The van der Waals surface area contributed by atoms with Gasteiger partial charge in [-0.15, -0.1) is 0 Å². The molecule has 3 heterocycles. The predicted octanol–water partition coefficient (Wildman–Crippen LogP) is 1.21. The molecule has 1 saturated heterocycles. The Morgan fingerprint density at radius 3 is 2.76 bits per heavy atom. The number of piperidine rings is 1. The number of rotatable bonds is 4. The van der Waals surface area contributed by atoms with E-state index in [4.69, 9.17) is 4.74 Å². The van der Waals surface area contributed by atoms with Gasteiger partial charge in [0.25, 0.3) is 0 Å². The quantitative estimate of drug-likeness (QED) is 0.807. The fourth-order valence-electron chi connectivity index (χ4n) is 4.63. The lowest BCUT2D eigenvalue weighted by atomic mass is 9.78. The standard InChI is InChI=1S/C21H26N4O4/c1-29-13-19(28)25-8-5-17-20(23-14-22-17)21(25)6-9-24(10-7-21)18(27)12-15-3-2-4-16(26)11-15/h2-4,11,14,26H,5-10,12-13H2,1H3,(H,22,23). The van der Waals surface area contributed by atoms with Crippen LogP contribution in [0.5, 0.6) is 5.75 Å². The van der Waals surface area contributed by atoms with E-state index in [9.17, 15) is 14.7 Å². The molecule has 0 atom stereocenters. The Labute approximate surface area is 169 Å². The van der Waals surface area contributed by atoms with Crippen LogP contribution in [-0.4, -0.2) is 70.0 Å². The van der Waals surface area contributed by atoms with E-state index in [-0.39, 0.29) is 30.6 Å². The number of fused-ring (bicyclic) bond motifs is 2. The van der Waals surface area contributed by atoms with Gasteiger partial charge in [0.15, 0.2) is 0 Å². The molecule has 2 aliphatic rings. The van der Waals surface area contributed by atoms with E-state index in [1.165, 1.54) is 7.11 Å². The lowest BCUT2D eigenvalue weighted by Gasteiger charge is -2.50. The van der Waals surface area contributed by atoms with Crippen molar-refractivity contribution in [3.8, 4) is 5.75 Å². The summed E-state index contributed by atoms with van der Waals surface area (Å²) in [5, 5.41) is 9.62. The molecule has 0 saturated carbocycles. The molecule has 0 radical (unpaired) electrons. The van der Waals surface area contributed by atoms with Crippen LogP contribution >= 0.6 is 0 Å². The predicted molar refractivity (Wildman–Crippen MR) is 105 cm³/mol. The molecule has 154 valence electrons. The first-order valence-electron chi connectivity index (χ1n) is 9.91. The molecule has 0 bridgehead atoms. The van der Waals surface area contributed by atoms with Crippen molar-refractivity contribution in [2.45, 2.75) is 31.2 Å². The average molecular weight is 398 g/mol. The molecule has 1 aromatic carbocycles. The minimum absolute atomic E-state index is 0.0262. The summed E-state index contributed by atoms with van der Waals surface area (Å²) in [5.41, 5.74) is 2.30. The van der Waals surface area contributed by atoms with Crippen LogP contribution < -0.4 is 0 Å². The molecule has 8 heteroatoms. The van der Waals surface area contributed by atoms with Crippen LogP contribution in [0.2, 0.25) is 0 Å². The zero-order valence-electron chi connectivity index (χ0n) is 16.6. The number of likely N-dealkylation sites (tertiary alicyclic amines) is 1. The summed E-state index contributed by atoms with van der Waals surface area (Å²) in [6.45, 7) is 1.78. The maximum absolute atomic E-state index is 12.8. The lowest BCUT2D eigenvalue weighted by molar-refractivity contribution is -0.147. The Kier molecular flexibility index (Phi) is 5.27. The second-order valence-corrected chi connectivity index (χ2v) is 7.72. The molecule has 0 unspecified atom stereocenters. The summed E-state index contributed by atoms with van der Waals surface area (Å²) in [7, 11) is 1.52. The number of phenolic OH excluding ortho intramolecular Hbond substituents is 1. The molecule has 0 aliphatic carbocycles. The van der Waals surface area contributed by atoms with Gasteiger partial charge in [-0.2, -0.15) is 0 Å². The van der Waals surface area contributed by atoms with Crippen molar-refractivity contribution in [1.82, 2.24) is 19.8 Å². The smallest absolute Gasteiger partial charge is 0.249 e. The minimum atomic E-state index is -0.495. The van der Waals surface area contributed by atoms with Gasteiger partial charge >= 0.3 is 0 Å². The third kappa shape index (κ3) is 3.60. The normalized spacial score (nSPS) is 18.0. The second kappa shape index (κ2) is 7.87. The molecular formula is C21H26N4O4. The highest BCUT2D eigenvalue weighted by atomic mass is 16.5. The van der Waals surface area contributed by atoms with Gasteiger partial charge in [0.05, 0.1) is 24.0 Å². The van der Waals surface area contributed by atoms with Crippen LogP contribution in [-0.2, 0) is 32.7 Å². The van der Waals surface area contributed by atoms with Crippen molar-refractivity contribution in [1.29, 1.82) is 0 Å². The van der Waals surface area contributed by atoms with Gasteiger partial charge in [-0.1, -0.05) is 12.1 Å². The van der Waals surface area contributed by atoms with Crippen LogP contribution in [0.25, 0.3) is 0 Å². The van der Waals surface area contributed by atoms with Crippen LogP contribution in [0.4, 0.5) is 0 Å². The third-order valence-electron chi connectivity index (χ3n) is 6.04. The second-order valence-electron chi connectivity index (χ2n) is 7.72. The summed E-state index contributed by atoms with van der Waals surface area (Å²) >= 11 is 0. The van der Waals surface area contributed by atoms with Crippen molar-refractivity contribution in [3.05, 3.63) is 47.5 Å². The number of benzene rings is 1. The van der Waals surface area contributed by atoms with Gasteiger partial charge in [-0.05, 0) is 30.5 Å². The van der Waals surface area contributed by atoms with Gasteiger partial charge in [-0.25, -0.2) is 4.98 Å². The number of carbonyl (C=O) groups is 2. The average Bonchev–Trinajstić information content (AvgIpc) is 3.19. The zero-order valence-corrected chi connectivity index (χ0v) is 16.6. The summed E-state index contributed by atoms with van der Waals surface area (Å²) in [5.74, 6) is 0.146. The number of aromatic amines is 1. The van der Waals surface area contributed by atoms with Crippen LogP contribution in [0.3, 0.4) is 0 Å². The Morgan fingerprint density at radius 2 is 2.03 bits per heavy atom. The summed E-state index contributed by atoms with van der Waals surface area (Å²) in [6, 6.07) is 6.79. The van der Waals surface area contributed by atoms with Crippen molar-refractivity contribution in [2.24, 2.45) is 0 Å². The number of amides is 2. The maximum Gasteiger partial charge on any atom is 0.249 e. The fourth-order valence-corrected chi connectivity index (χ4v) is 4.63. The number of aromatic nitrogens is 2. The molecule has 8 nitrogen and oxygen atoms in total. The number of nitrogens with zero attached hydrogens (tertiary/aromatic N) is 3. The van der Waals surface area contributed by atoms with Crippen molar-refractivity contribution >= 4 is 11.8 Å². The Balaban J connectivity index is 1.51. The molecule has 2 aliphatic heterocycles. The van der Waals surface area contributed by atoms with Gasteiger partial charge in [0, 0.05) is 38.9 Å². The highest BCUT2D eigenvalue weighted by Crippen LogP contribution is 2.42. The zero-order chi connectivity index (χ0) is 20.4. The summed E-state index contributed by atoms with van der Waals surface area (Å²) in [6.07, 6.45) is 3.97. The number of hydrogen-bond acceptors (Lipinski definition) is 5. The van der Waals surface area contributed by atoms with E-state index >= 15 is 0 Å². The molecule has 29 heavy (non-hydrogen) atoms. The van der Waals surface area contributed by atoms with Gasteiger partial charge < -0.3 is 24.6 Å². The van der Waals surface area contributed by atoms with E-state index in [0.717, 1.165) is 23.4 Å². The Bertz CT molecular complexity index is 902. The largest absolute Gasteiger partial charge is 0.508 e. The molecular weight excluding hydrogens is 372 g/mol. The number of nitrogens with one attached hydrogen (secondary N) is 1. The topological polar surface area (TPSA) is 98.8 Å². The first kappa shape index (κ1) is 19.4. The van der Waals surface area contributed by atoms with E-state index in [1.54, 1.807) is 24.5 Å². The Hall–Kier alpha value is -2.87. The first-order chi connectivity index (χ1) is 14.0. The van der Waals surface area contributed by atoms with Crippen LogP contribution in [0.15, 0.2) is 30.6 Å². The van der Waals surface area contributed by atoms with Crippen molar-refractivity contribution < 1.29 is 19.4 Å². The lowest BCUT2D eigenvalue weighted by Crippen LogP contribution is -2.59. The summed E-state index contributed by atoms with van der Waals surface area (Å²) in [4.78, 5) is 37.0. The van der Waals surface area contributed by atoms with Crippen LogP contribution in [0.1, 0.15) is 29.8 Å². The van der Waals surface area contributed by atoms with E-state index in [1.807, 2.05) is 15.9 Å². The van der Waals surface area contributed by atoms with Gasteiger partial charge in [-0.3, -0.25) is 9.59 Å². The monoisotopic (exact) mass is 398 g/mol. The Morgan fingerprint density at radius 1 is 1.24 bits per heavy atom. The summed E-state index contributed by atoms with van der Waals surface area (Å²) < 4.78 is 5.09. The molecule has 4 rings (SSSR count). The number of phenols is 1. The molecule has 2 aromatic rings. The SMILES string of the molecule is COCC(=O)N1CCc2[nH]cnc2C12CCN(C(=O)Cc1cccc(O)c1)CC2. The number of ether oxygens (including phenoxy) is 1. The third-order valence-corrected chi connectivity index (χ3v) is 6.04. The number of aromatic hydroxyl groups is 1. The molecule has 1 fully saturated rings. The van der Waals surface area contributed by atoms with E-state index in [0.29, 0.717) is 32.5 Å². The molecule has 2 amide bonds. The number of imidazole rings is 1.